The van der Waals surface area contributed by atoms with Crippen LogP contribution >= 0.6 is 0 Å². The maximum Gasteiger partial charge on any atom is 0.274 e. The summed E-state index contributed by atoms with van der Waals surface area (Å²) in [6.07, 6.45) is 3.05. The van der Waals surface area contributed by atoms with E-state index in [9.17, 15) is 4.79 Å². The molecule has 2 aromatic rings. The molecule has 0 unspecified atom stereocenters. The molecule has 1 heterocycles. The third-order valence-corrected chi connectivity index (χ3v) is 2.93. The molecule has 0 aliphatic rings. The van der Waals surface area contributed by atoms with Gasteiger partial charge in [-0.15, -0.1) is 6.58 Å². The fourth-order valence-electron chi connectivity index (χ4n) is 1.86. The number of carbonyl (C=O) groups excluding carboxylic acids is 1. The molecule has 0 fully saturated rings. The zero-order valence-electron chi connectivity index (χ0n) is 12.6. The summed E-state index contributed by atoms with van der Waals surface area (Å²) < 4.78 is 5.24. The van der Waals surface area contributed by atoms with Gasteiger partial charge in [0.05, 0.1) is 12.8 Å². The molecular weight excluding hydrogens is 280 g/mol. The number of aromatic nitrogens is 2. The van der Waals surface area contributed by atoms with E-state index in [4.69, 9.17) is 4.74 Å². The van der Waals surface area contributed by atoms with E-state index in [-0.39, 0.29) is 11.6 Å². The standard InChI is InChI=1S/C16H18N4O2/c1-4-7-17-15-9-13(18-10-19-15)16(21)20-12-8-11(2)5-6-14(12)22-3/h4-6,8-10H,1,7H2,2-3H3,(H,20,21)(H,17,18,19). The van der Waals surface area contributed by atoms with Crippen molar-refractivity contribution in [2.45, 2.75) is 6.92 Å². The van der Waals surface area contributed by atoms with Gasteiger partial charge < -0.3 is 15.4 Å². The van der Waals surface area contributed by atoms with Crippen molar-refractivity contribution in [3.05, 3.63) is 54.5 Å². The zero-order valence-corrected chi connectivity index (χ0v) is 12.6. The lowest BCUT2D eigenvalue weighted by molar-refractivity contribution is 0.102. The Labute approximate surface area is 129 Å². The van der Waals surface area contributed by atoms with Crippen molar-refractivity contribution < 1.29 is 9.53 Å². The van der Waals surface area contributed by atoms with E-state index >= 15 is 0 Å². The van der Waals surface area contributed by atoms with Gasteiger partial charge in [-0.1, -0.05) is 12.1 Å². The minimum atomic E-state index is -0.326. The van der Waals surface area contributed by atoms with Gasteiger partial charge in [-0.05, 0) is 24.6 Å². The van der Waals surface area contributed by atoms with E-state index in [1.807, 2.05) is 25.1 Å². The Morgan fingerprint density at radius 1 is 1.36 bits per heavy atom. The third kappa shape index (κ3) is 3.82. The van der Waals surface area contributed by atoms with Crippen LogP contribution in [0.1, 0.15) is 16.1 Å². The number of ether oxygens (including phenoxy) is 1. The number of hydrogen-bond donors (Lipinski definition) is 2. The smallest absolute Gasteiger partial charge is 0.274 e. The number of anilines is 2. The first-order valence-electron chi connectivity index (χ1n) is 6.77. The summed E-state index contributed by atoms with van der Waals surface area (Å²) in [7, 11) is 1.56. The van der Waals surface area contributed by atoms with Crippen LogP contribution in [0.15, 0.2) is 43.2 Å². The molecule has 0 saturated heterocycles. The lowest BCUT2D eigenvalue weighted by atomic mass is 10.2. The van der Waals surface area contributed by atoms with Gasteiger partial charge in [-0.25, -0.2) is 9.97 Å². The Kier molecular flexibility index (Phi) is 5.08. The van der Waals surface area contributed by atoms with Crippen LogP contribution in [0.3, 0.4) is 0 Å². The Bertz CT molecular complexity index is 686. The molecule has 0 saturated carbocycles. The monoisotopic (exact) mass is 298 g/mol. The van der Waals surface area contributed by atoms with E-state index in [1.54, 1.807) is 19.3 Å². The highest BCUT2D eigenvalue weighted by atomic mass is 16.5. The molecule has 22 heavy (non-hydrogen) atoms. The Morgan fingerprint density at radius 2 is 2.18 bits per heavy atom. The van der Waals surface area contributed by atoms with Crippen LogP contribution in [-0.2, 0) is 0 Å². The fourth-order valence-corrected chi connectivity index (χ4v) is 1.86. The summed E-state index contributed by atoms with van der Waals surface area (Å²) in [5, 5.41) is 5.81. The predicted octanol–water partition coefficient (Wildman–Crippen LogP) is 2.64. The van der Waals surface area contributed by atoms with Crippen molar-refractivity contribution in [2.24, 2.45) is 0 Å². The first-order valence-corrected chi connectivity index (χ1v) is 6.77. The van der Waals surface area contributed by atoms with Gasteiger partial charge in [-0.2, -0.15) is 0 Å². The lowest BCUT2D eigenvalue weighted by Gasteiger charge is -2.11. The molecule has 1 amide bonds. The summed E-state index contributed by atoms with van der Waals surface area (Å²) in [6, 6.07) is 7.15. The van der Waals surface area contributed by atoms with E-state index in [0.29, 0.717) is 23.8 Å². The maximum atomic E-state index is 12.3. The van der Waals surface area contributed by atoms with Gasteiger partial charge in [0.15, 0.2) is 0 Å². The molecule has 2 N–H and O–H groups in total. The summed E-state index contributed by atoms with van der Waals surface area (Å²) in [6.45, 7) is 6.12. The van der Waals surface area contributed by atoms with Crippen LogP contribution in [-0.4, -0.2) is 29.5 Å². The minimum absolute atomic E-state index is 0.269. The highest BCUT2D eigenvalue weighted by Crippen LogP contribution is 2.25. The molecule has 0 spiro atoms. The van der Waals surface area contributed by atoms with Gasteiger partial charge in [0.2, 0.25) is 0 Å². The lowest BCUT2D eigenvalue weighted by Crippen LogP contribution is -2.15. The summed E-state index contributed by atoms with van der Waals surface area (Å²) in [4.78, 5) is 20.3. The first-order chi connectivity index (χ1) is 10.6. The van der Waals surface area contributed by atoms with Crippen LogP contribution < -0.4 is 15.4 Å². The Hall–Kier alpha value is -2.89. The van der Waals surface area contributed by atoms with E-state index in [1.165, 1.54) is 6.33 Å². The van der Waals surface area contributed by atoms with Crippen molar-refractivity contribution in [2.75, 3.05) is 24.3 Å². The predicted molar refractivity (Wildman–Crippen MR) is 86.4 cm³/mol. The number of rotatable bonds is 6. The second-order valence-corrected chi connectivity index (χ2v) is 4.62. The molecule has 6 heteroatoms. The first kappa shape index (κ1) is 15.5. The molecular formula is C16H18N4O2. The van der Waals surface area contributed by atoms with Crippen molar-refractivity contribution in [1.82, 2.24) is 9.97 Å². The topological polar surface area (TPSA) is 76.1 Å². The third-order valence-electron chi connectivity index (χ3n) is 2.93. The number of amides is 1. The van der Waals surface area contributed by atoms with Gasteiger partial charge in [0.25, 0.3) is 5.91 Å². The fraction of sp³-hybridized carbons (Fsp3) is 0.188. The number of aryl methyl sites for hydroxylation is 1. The molecule has 2 rings (SSSR count). The largest absolute Gasteiger partial charge is 0.495 e. The van der Waals surface area contributed by atoms with Gasteiger partial charge in [0, 0.05) is 12.6 Å². The van der Waals surface area contributed by atoms with Crippen LogP contribution in [0.4, 0.5) is 11.5 Å². The van der Waals surface area contributed by atoms with Crippen LogP contribution in [0.5, 0.6) is 5.75 Å². The van der Waals surface area contributed by atoms with E-state index in [0.717, 1.165) is 5.56 Å². The molecule has 6 nitrogen and oxygen atoms in total. The highest BCUT2D eigenvalue weighted by Gasteiger charge is 2.12. The van der Waals surface area contributed by atoms with Crippen molar-refractivity contribution in [1.29, 1.82) is 0 Å². The van der Waals surface area contributed by atoms with E-state index in [2.05, 4.69) is 27.2 Å². The molecule has 0 aliphatic heterocycles. The van der Waals surface area contributed by atoms with Gasteiger partial charge in [-0.3, -0.25) is 4.79 Å². The number of methoxy groups -OCH3 is 1. The van der Waals surface area contributed by atoms with Crippen LogP contribution in [0, 0.1) is 6.92 Å². The average Bonchev–Trinajstić information content (AvgIpc) is 2.53. The second-order valence-electron chi connectivity index (χ2n) is 4.62. The summed E-state index contributed by atoms with van der Waals surface area (Å²) >= 11 is 0. The molecule has 0 atom stereocenters. The Balaban J connectivity index is 2.18. The van der Waals surface area contributed by atoms with Gasteiger partial charge >= 0.3 is 0 Å². The normalized spacial score (nSPS) is 9.91. The van der Waals surface area contributed by atoms with Crippen molar-refractivity contribution in [3.8, 4) is 5.75 Å². The zero-order chi connectivity index (χ0) is 15.9. The molecule has 1 aromatic carbocycles. The average molecular weight is 298 g/mol. The summed E-state index contributed by atoms with van der Waals surface area (Å²) in [5.74, 6) is 0.835. The van der Waals surface area contributed by atoms with Crippen LogP contribution in [0.2, 0.25) is 0 Å². The number of carbonyl (C=O) groups is 1. The number of nitrogens with one attached hydrogen (secondary N) is 2. The SMILES string of the molecule is C=CCNc1cc(C(=O)Nc2cc(C)ccc2OC)ncn1. The van der Waals surface area contributed by atoms with Crippen molar-refractivity contribution >= 4 is 17.4 Å². The maximum absolute atomic E-state index is 12.3. The summed E-state index contributed by atoms with van der Waals surface area (Å²) in [5.41, 5.74) is 1.89. The van der Waals surface area contributed by atoms with Crippen molar-refractivity contribution in [3.63, 3.8) is 0 Å². The molecule has 0 bridgehead atoms. The number of benzene rings is 1. The quantitative estimate of drug-likeness (QED) is 0.802. The molecule has 1 aromatic heterocycles. The van der Waals surface area contributed by atoms with E-state index < -0.39 is 0 Å². The minimum Gasteiger partial charge on any atom is -0.495 e. The molecule has 0 aliphatic carbocycles. The van der Waals surface area contributed by atoms with Crippen LogP contribution in [0.25, 0.3) is 0 Å². The number of nitrogens with zero attached hydrogens (tertiary/aromatic N) is 2. The molecule has 0 radical (unpaired) electrons. The number of hydrogen-bond acceptors (Lipinski definition) is 5. The van der Waals surface area contributed by atoms with Gasteiger partial charge in [0.1, 0.15) is 23.6 Å². The Morgan fingerprint density at radius 3 is 2.91 bits per heavy atom. The second kappa shape index (κ2) is 7.21. The highest BCUT2D eigenvalue weighted by molar-refractivity contribution is 6.04. The molecule has 114 valence electrons.